The van der Waals surface area contributed by atoms with E-state index in [1.54, 1.807) is 0 Å². The molecule has 1 aromatic rings. The lowest BCUT2D eigenvalue weighted by atomic mass is 9.84. The molecule has 104 valence electrons. The first kappa shape index (κ1) is 15.6. The molecule has 0 aliphatic carbocycles. The minimum Gasteiger partial charge on any atom is -0.494 e. The molecule has 1 atom stereocenters. The average Bonchev–Trinajstić information content (AvgIpc) is 2.35. The standard InChI is InChI=1S/C17H25NO/c1-6-19-16-10-9-14(17(3,4)5)12-15(16)13(2)8-7-11-18/h9-10,12-13H,6-8H2,1-5H3. The summed E-state index contributed by atoms with van der Waals surface area (Å²) < 4.78 is 5.72. The fourth-order valence-electron chi connectivity index (χ4n) is 2.12. The summed E-state index contributed by atoms with van der Waals surface area (Å²) in [6.07, 6.45) is 1.47. The summed E-state index contributed by atoms with van der Waals surface area (Å²) in [7, 11) is 0. The Labute approximate surface area is 117 Å². The van der Waals surface area contributed by atoms with Crippen LogP contribution in [0.5, 0.6) is 5.75 Å². The smallest absolute Gasteiger partial charge is 0.122 e. The molecule has 0 saturated heterocycles. The number of rotatable bonds is 5. The predicted octanol–water partition coefficient (Wildman–Crippen LogP) is 4.79. The summed E-state index contributed by atoms with van der Waals surface area (Å²) in [6.45, 7) is 11.5. The normalized spacial score (nSPS) is 12.8. The molecule has 0 aliphatic heterocycles. The van der Waals surface area contributed by atoms with Gasteiger partial charge in [-0.1, -0.05) is 39.8 Å². The Morgan fingerprint density at radius 1 is 1.32 bits per heavy atom. The number of benzene rings is 1. The molecule has 0 amide bonds. The molecule has 0 radical (unpaired) electrons. The monoisotopic (exact) mass is 259 g/mol. The van der Waals surface area contributed by atoms with Crippen LogP contribution < -0.4 is 4.74 Å². The van der Waals surface area contributed by atoms with Crippen LogP contribution in [0.1, 0.15) is 64.5 Å². The molecule has 19 heavy (non-hydrogen) atoms. The third-order valence-electron chi connectivity index (χ3n) is 3.40. The van der Waals surface area contributed by atoms with Crippen LogP contribution in [0.25, 0.3) is 0 Å². The molecule has 1 rings (SSSR count). The summed E-state index contributed by atoms with van der Waals surface area (Å²) in [5, 5.41) is 8.74. The minimum absolute atomic E-state index is 0.133. The molecule has 2 heteroatoms. The highest BCUT2D eigenvalue weighted by Crippen LogP contribution is 2.34. The largest absolute Gasteiger partial charge is 0.494 e. The van der Waals surface area contributed by atoms with Gasteiger partial charge in [-0.3, -0.25) is 0 Å². The van der Waals surface area contributed by atoms with E-state index in [2.05, 4.69) is 52.0 Å². The number of ether oxygens (including phenoxy) is 1. The van der Waals surface area contributed by atoms with Gasteiger partial charge in [0.25, 0.3) is 0 Å². The maximum absolute atomic E-state index is 8.74. The van der Waals surface area contributed by atoms with Crippen molar-refractivity contribution in [1.82, 2.24) is 0 Å². The van der Waals surface area contributed by atoms with Crippen LogP contribution in [0.4, 0.5) is 0 Å². The molecule has 0 aliphatic rings. The van der Waals surface area contributed by atoms with Crippen LogP contribution in [-0.4, -0.2) is 6.61 Å². The summed E-state index contributed by atoms with van der Waals surface area (Å²) in [4.78, 5) is 0. The first-order chi connectivity index (χ1) is 8.90. The van der Waals surface area contributed by atoms with Gasteiger partial charge in [0.2, 0.25) is 0 Å². The van der Waals surface area contributed by atoms with E-state index in [1.807, 2.05) is 6.92 Å². The van der Waals surface area contributed by atoms with Crippen molar-refractivity contribution in [2.45, 2.75) is 58.8 Å². The SMILES string of the molecule is CCOc1ccc(C(C)(C)C)cc1C(C)CCC#N. The van der Waals surface area contributed by atoms with Gasteiger partial charge in [-0.2, -0.15) is 5.26 Å². The van der Waals surface area contributed by atoms with E-state index in [9.17, 15) is 0 Å². The van der Waals surface area contributed by atoms with Crippen LogP contribution in [0.3, 0.4) is 0 Å². The van der Waals surface area contributed by atoms with Crippen LogP contribution in [0, 0.1) is 11.3 Å². The maximum atomic E-state index is 8.74. The van der Waals surface area contributed by atoms with E-state index in [-0.39, 0.29) is 5.41 Å². The Morgan fingerprint density at radius 2 is 2.00 bits per heavy atom. The molecular weight excluding hydrogens is 234 g/mol. The van der Waals surface area contributed by atoms with E-state index >= 15 is 0 Å². The van der Waals surface area contributed by atoms with Crippen molar-refractivity contribution in [3.63, 3.8) is 0 Å². The quantitative estimate of drug-likeness (QED) is 0.761. The van der Waals surface area contributed by atoms with E-state index in [0.29, 0.717) is 18.9 Å². The van der Waals surface area contributed by atoms with Gasteiger partial charge >= 0.3 is 0 Å². The highest BCUT2D eigenvalue weighted by molar-refractivity contribution is 5.41. The molecule has 0 aromatic heterocycles. The molecule has 0 fully saturated rings. The molecule has 0 saturated carbocycles. The zero-order valence-electron chi connectivity index (χ0n) is 12.8. The van der Waals surface area contributed by atoms with Gasteiger partial charge in [0.05, 0.1) is 12.7 Å². The van der Waals surface area contributed by atoms with Crippen LogP contribution in [0.2, 0.25) is 0 Å². The summed E-state index contributed by atoms with van der Waals surface area (Å²) in [5.74, 6) is 1.31. The molecule has 2 nitrogen and oxygen atoms in total. The van der Waals surface area contributed by atoms with E-state index in [4.69, 9.17) is 10.00 Å². The van der Waals surface area contributed by atoms with Gasteiger partial charge in [-0.25, -0.2) is 0 Å². The highest BCUT2D eigenvalue weighted by Gasteiger charge is 2.18. The van der Waals surface area contributed by atoms with Crippen molar-refractivity contribution in [3.05, 3.63) is 29.3 Å². The van der Waals surface area contributed by atoms with Crippen molar-refractivity contribution < 1.29 is 4.74 Å². The van der Waals surface area contributed by atoms with Gasteiger partial charge in [-0.15, -0.1) is 0 Å². The second-order valence-electron chi connectivity index (χ2n) is 6.03. The zero-order chi connectivity index (χ0) is 14.5. The molecule has 0 bridgehead atoms. The lowest BCUT2D eigenvalue weighted by molar-refractivity contribution is 0.333. The molecule has 1 unspecified atom stereocenters. The Morgan fingerprint density at radius 3 is 2.53 bits per heavy atom. The number of hydrogen-bond donors (Lipinski definition) is 0. The summed E-state index contributed by atoms with van der Waals surface area (Å²) in [5.41, 5.74) is 2.67. The van der Waals surface area contributed by atoms with Crippen molar-refractivity contribution >= 4 is 0 Å². The van der Waals surface area contributed by atoms with Crippen LogP contribution in [-0.2, 0) is 5.41 Å². The van der Waals surface area contributed by atoms with Crippen LogP contribution in [0.15, 0.2) is 18.2 Å². The molecular formula is C17H25NO. The fraction of sp³-hybridized carbons (Fsp3) is 0.588. The second kappa shape index (κ2) is 6.61. The topological polar surface area (TPSA) is 33.0 Å². The molecule has 0 spiro atoms. The number of nitriles is 1. The van der Waals surface area contributed by atoms with Gasteiger partial charge in [0.1, 0.15) is 5.75 Å². The van der Waals surface area contributed by atoms with Gasteiger partial charge < -0.3 is 4.74 Å². The zero-order valence-corrected chi connectivity index (χ0v) is 12.8. The third kappa shape index (κ3) is 4.28. The van der Waals surface area contributed by atoms with Crippen molar-refractivity contribution in [3.8, 4) is 11.8 Å². The Kier molecular flexibility index (Phi) is 5.42. The summed E-state index contributed by atoms with van der Waals surface area (Å²) in [6, 6.07) is 8.68. The predicted molar refractivity (Wildman–Crippen MR) is 79.6 cm³/mol. The van der Waals surface area contributed by atoms with E-state index < -0.39 is 0 Å². The number of hydrogen-bond acceptors (Lipinski definition) is 2. The Hall–Kier alpha value is -1.49. The molecule has 0 N–H and O–H groups in total. The van der Waals surface area contributed by atoms with Gasteiger partial charge in [0.15, 0.2) is 0 Å². The third-order valence-corrected chi connectivity index (χ3v) is 3.40. The van der Waals surface area contributed by atoms with Crippen molar-refractivity contribution in [2.75, 3.05) is 6.61 Å². The second-order valence-corrected chi connectivity index (χ2v) is 6.03. The lowest BCUT2D eigenvalue weighted by Gasteiger charge is -2.23. The van der Waals surface area contributed by atoms with Crippen LogP contribution >= 0.6 is 0 Å². The molecule has 1 aromatic carbocycles. The van der Waals surface area contributed by atoms with Crippen molar-refractivity contribution in [1.29, 1.82) is 5.26 Å². The van der Waals surface area contributed by atoms with E-state index in [1.165, 1.54) is 11.1 Å². The molecule has 0 heterocycles. The summed E-state index contributed by atoms with van der Waals surface area (Å²) >= 11 is 0. The average molecular weight is 259 g/mol. The van der Waals surface area contributed by atoms with Gasteiger partial charge in [0, 0.05) is 6.42 Å². The Balaban J connectivity index is 3.12. The lowest BCUT2D eigenvalue weighted by Crippen LogP contribution is -2.12. The van der Waals surface area contributed by atoms with E-state index in [0.717, 1.165) is 12.2 Å². The first-order valence-corrected chi connectivity index (χ1v) is 7.04. The number of nitrogens with zero attached hydrogens (tertiary/aromatic N) is 1. The Bertz CT molecular complexity index is 451. The van der Waals surface area contributed by atoms with Gasteiger partial charge in [-0.05, 0) is 41.9 Å². The highest BCUT2D eigenvalue weighted by atomic mass is 16.5. The first-order valence-electron chi connectivity index (χ1n) is 7.04. The van der Waals surface area contributed by atoms with Crippen molar-refractivity contribution in [2.24, 2.45) is 0 Å². The fourth-order valence-corrected chi connectivity index (χ4v) is 2.12. The maximum Gasteiger partial charge on any atom is 0.122 e. The minimum atomic E-state index is 0.133.